The van der Waals surface area contributed by atoms with Crippen molar-refractivity contribution in [3.63, 3.8) is 0 Å². The van der Waals surface area contributed by atoms with Crippen molar-refractivity contribution < 1.29 is 8.42 Å². The topological polar surface area (TPSA) is 72.2 Å². The van der Waals surface area contributed by atoms with E-state index in [2.05, 4.69) is 4.72 Å². The minimum absolute atomic E-state index is 0.166. The highest BCUT2D eigenvalue weighted by Crippen LogP contribution is 2.56. The van der Waals surface area contributed by atoms with Crippen LogP contribution in [0.2, 0.25) is 0 Å². The summed E-state index contributed by atoms with van der Waals surface area (Å²) >= 11 is 1.28. The van der Waals surface area contributed by atoms with E-state index < -0.39 is 10.0 Å². The van der Waals surface area contributed by atoms with Crippen molar-refractivity contribution in [2.75, 3.05) is 0 Å². The zero-order valence-electron chi connectivity index (χ0n) is 12.0. The summed E-state index contributed by atoms with van der Waals surface area (Å²) in [5.74, 6) is 2.21. The largest absolute Gasteiger partial charge is 0.326 e. The molecule has 4 aliphatic rings. The fourth-order valence-corrected chi connectivity index (χ4v) is 7.83. The summed E-state index contributed by atoms with van der Waals surface area (Å²) < 4.78 is 28.9. The first kappa shape index (κ1) is 14.2. The lowest BCUT2D eigenvalue weighted by molar-refractivity contribution is -0.00807. The molecule has 5 rings (SSSR count). The van der Waals surface area contributed by atoms with E-state index in [1.54, 1.807) is 6.07 Å². The molecular formula is C15H22N2O2S2. The van der Waals surface area contributed by atoms with Crippen molar-refractivity contribution >= 4 is 21.4 Å². The molecule has 1 aromatic heterocycles. The molecule has 0 aromatic carbocycles. The third-order valence-electron chi connectivity index (χ3n) is 5.52. The van der Waals surface area contributed by atoms with E-state index >= 15 is 0 Å². The second-order valence-corrected chi connectivity index (χ2v) is 10.1. The Morgan fingerprint density at radius 2 is 1.76 bits per heavy atom. The molecule has 0 spiro atoms. The molecule has 3 N–H and O–H groups in total. The summed E-state index contributed by atoms with van der Waals surface area (Å²) in [5, 5.41) is 1.84. The van der Waals surface area contributed by atoms with Crippen molar-refractivity contribution in [3.8, 4) is 0 Å². The summed E-state index contributed by atoms with van der Waals surface area (Å²) in [6.07, 6.45) is 7.06. The minimum atomic E-state index is -3.40. The molecule has 1 aromatic rings. The molecule has 4 nitrogen and oxygen atoms in total. The molecule has 21 heavy (non-hydrogen) atoms. The van der Waals surface area contributed by atoms with Gasteiger partial charge in [-0.2, -0.15) is 0 Å². The van der Waals surface area contributed by atoms with Gasteiger partial charge in [-0.05, 0) is 73.3 Å². The second kappa shape index (κ2) is 4.78. The summed E-state index contributed by atoms with van der Waals surface area (Å²) in [6, 6.07) is 1.72. The molecule has 1 heterocycles. The number of hydrogen-bond donors (Lipinski definition) is 2. The van der Waals surface area contributed by atoms with Crippen LogP contribution in [0, 0.1) is 17.8 Å². The Bertz CT molecular complexity index is 615. The van der Waals surface area contributed by atoms with E-state index in [-0.39, 0.29) is 5.54 Å². The Hall–Kier alpha value is -0.430. The predicted molar refractivity (Wildman–Crippen MR) is 83.4 cm³/mol. The van der Waals surface area contributed by atoms with E-state index in [1.165, 1.54) is 30.6 Å². The molecule has 0 unspecified atom stereocenters. The molecule has 4 fully saturated rings. The number of rotatable bonds is 4. The highest BCUT2D eigenvalue weighted by Gasteiger charge is 2.52. The van der Waals surface area contributed by atoms with Gasteiger partial charge in [0.15, 0.2) is 0 Å². The Morgan fingerprint density at radius 1 is 1.19 bits per heavy atom. The smallest absolute Gasteiger partial charge is 0.250 e. The first-order chi connectivity index (χ1) is 9.98. The van der Waals surface area contributed by atoms with Crippen LogP contribution in [0.1, 0.15) is 44.1 Å². The summed E-state index contributed by atoms with van der Waals surface area (Å²) in [4.78, 5) is 0. The monoisotopic (exact) mass is 326 g/mol. The number of hydrogen-bond acceptors (Lipinski definition) is 4. The fraction of sp³-hybridized carbons (Fsp3) is 0.733. The summed E-state index contributed by atoms with van der Waals surface area (Å²) in [7, 11) is -3.40. The molecule has 4 aliphatic carbocycles. The molecular weight excluding hydrogens is 304 g/mol. The van der Waals surface area contributed by atoms with E-state index in [1.807, 2.05) is 5.38 Å². The standard InChI is InChI=1S/C15H22N2O2S2/c16-8-13-4-14(20-9-13)21(18,19)17-15-5-10-1-11(6-15)3-12(2-10)7-15/h4,9-12,17H,1-3,5-8,16H2. The van der Waals surface area contributed by atoms with Gasteiger partial charge in [-0.25, -0.2) is 13.1 Å². The SMILES string of the molecule is NCc1csc(S(=O)(=O)NC23CC4CC(CC(C4)C2)C3)c1. The van der Waals surface area contributed by atoms with Gasteiger partial charge in [-0.1, -0.05) is 0 Å². The van der Waals surface area contributed by atoms with Crippen LogP contribution in [0.5, 0.6) is 0 Å². The van der Waals surface area contributed by atoms with E-state index in [9.17, 15) is 8.42 Å². The fourth-order valence-electron chi connectivity index (χ4n) is 5.17. The Kier molecular flexibility index (Phi) is 3.23. The van der Waals surface area contributed by atoms with Gasteiger partial charge in [0.25, 0.3) is 10.0 Å². The lowest BCUT2D eigenvalue weighted by atomic mass is 9.53. The number of nitrogens with one attached hydrogen (secondary N) is 1. The molecule has 116 valence electrons. The van der Waals surface area contributed by atoms with Gasteiger partial charge >= 0.3 is 0 Å². The van der Waals surface area contributed by atoms with Crippen LogP contribution in [-0.2, 0) is 16.6 Å². The van der Waals surface area contributed by atoms with Gasteiger partial charge in [-0.15, -0.1) is 11.3 Å². The molecule has 0 saturated heterocycles. The summed E-state index contributed by atoms with van der Waals surface area (Å²) in [5.41, 5.74) is 6.31. The van der Waals surface area contributed by atoms with Gasteiger partial charge in [0.05, 0.1) is 0 Å². The number of nitrogens with two attached hydrogens (primary N) is 1. The average Bonchev–Trinajstić information content (AvgIpc) is 2.85. The molecule has 4 saturated carbocycles. The van der Waals surface area contributed by atoms with Crippen molar-refractivity contribution in [1.82, 2.24) is 4.72 Å². The zero-order chi connectivity index (χ0) is 14.7. The lowest BCUT2D eigenvalue weighted by Crippen LogP contribution is -2.59. The molecule has 0 radical (unpaired) electrons. The molecule has 6 heteroatoms. The van der Waals surface area contributed by atoms with Crippen molar-refractivity contribution in [1.29, 1.82) is 0 Å². The third kappa shape index (κ3) is 2.46. The molecule has 4 bridgehead atoms. The van der Waals surface area contributed by atoms with Crippen molar-refractivity contribution in [3.05, 3.63) is 17.0 Å². The third-order valence-corrected chi connectivity index (χ3v) is 8.59. The Labute approximate surface area is 130 Å². The van der Waals surface area contributed by atoms with Crippen LogP contribution in [0.25, 0.3) is 0 Å². The average molecular weight is 326 g/mol. The maximum absolute atomic E-state index is 12.7. The van der Waals surface area contributed by atoms with Gasteiger partial charge in [0.1, 0.15) is 4.21 Å². The summed E-state index contributed by atoms with van der Waals surface area (Å²) in [6.45, 7) is 0.392. The molecule has 0 atom stereocenters. The highest BCUT2D eigenvalue weighted by atomic mass is 32.2. The van der Waals surface area contributed by atoms with Crippen LogP contribution in [0.3, 0.4) is 0 Å². The van der Waals surface area contributed by atoms with Gasteiger partial charge in [0.2, 0.25) is 0 Å². The normalized spacial score (nSPS) is 38.0. The van der Waals surface area contributed by atoms with Crippen LogP contribution in [0.15, 0.2) is 15.7 Å². The van der Waals surface area contributed by atoms with Crippen LogP contribution in [0.4, 0.5) is 0 Å². The predicted octanol–water partition coefficient (Wildman–Crippen LogP) is 2.45. The van der Waals surface area contributed by atoms with Crippen molar-refractivity contribution in [2.24, 2.45) is 23.5 Å². The van der Waals surface area contributed by atoms with Crippen molar-refractivity contribution in [2.45, 2.75) is 54.8 Å². The maximum atomic E-state index is 12.7. The van der Waals surface area contributed by atoms with E-state index in [4.69, 9.17) is 5.73 Å². The second-order valence-electron chi connectivity index (χ2n) is 7.28. The molecule has 0 aliphatic heterocycles. The Morgan fingerprint density at radius 3 is 2.24 bits per heavy atom. The quantitative estimate of drug-likeness (QED) is 0.893. The minimum Gasteiger partial charge on any atom is -0.326 e. The van der Waals surface area contributed by atoms with Gasteiger partial charge in [0, 0.05) is 12.1 Å². The Balaban J connectivity index is 1.60. The number of thiophene rings is 1. The van der Waals surface area contributed by atoms with Gasteiger partial charge in [-0.3, -0.25) is 0 Å². The first-order valence-electron chi connectivity index (χ1n) is 7.79. The highest BCUT2D eigenvalue weighted by molar-refractivity contribution is 7.91. The van der Waals surface area contributed by atoms with Crippen LogP contribution < -0.4 is 10.5 Å². The lowest BCUT2D eigenvalue weighted by Gasteiger charge is -2.56. The van der Waals surface area contributed by atoms with E-state index in [0.717, 1.165) is 42.6 Å². The molecule has 0 amide bonds. The van der Waals surface area contributed by atoms with Crippen LogP contribution in [-0.4, -0.2) is 14.0 Å². The van der Waals surface area contributed by atoms with Crippen LogP contribution >= 0.6 is 11.3 Å². The first-order valence-corrected chi connectivity index (χ1v) is 10.2. The van der Waals surface area contributed by atoms with E-state index in [0.29, 0.717) is 10.8 Å². The maximum Gasteiger partial charge on any atom is 0.250 e. The number of sulfonamides is 1. The van der Waals surface area contributed by atoms with Gasteiger partial charge < -0.3 is 5.73 Å². The zero-order valence-corrected chi connectivity index (χ0v) is 13.7.